The fourth-order valence-corrected chi connectivity index (χ4v) is 2.74. The van der Waals surface area contributed by atoms with Crippen molar-refractivity contribution in [3.05, 3.63) is 35.6 Å². The summed E-state index contributed by atoms with van der Waals surface area (Å²) in [7, 11) is 0. The average Bonchev–Trinajstić information content (AvgIpc) is 2.79. The summed E-state index contributed by atoms with van der Waals surface area (Å²) in [4.78, 5) is 12.2. The molecule has 1 aliphatic rings. The molecule has 2 nitrogen and oxygen atoms in total. The van der Waals surface area contributed by atoms with Gasteiger partial charge in [0, 0.05) is 6.54 Å². The molecule has 1 fully saturated rings. The highest BCUT2D eigenvalue weighted by Gasteiger charge is 2.42. The van der Waals surface area contributed by atoms with Crippen molar-refractivity contribution in [3.63, 3.8) is 0 Å². The van der Waals surface area contributed by atoms with Gasteiger partial charge in [-0.2, -0.15) is 0 Å². The highest BCUT2D eigenvalue weighted by atomic mass is 19.1. The van der Waals surface area contributed by atoms with E-state index in [2.05, 4.69) is 5.32 Å². The molecule has 1 amide bonds. The number of carbonyl (C=O) groups excluding carboxylic acids is 1. The number of amides is 1. The number of nitrogens with one attached hydrogen (secondary N) is 1. The second kappa shape index (κ2) is 4.86. The number of carbonyl (C=O) groups is 1. The third kappa shape index (κ3) is 2.19. The Morgan fingerprint density at radius 2 is 2.12 bits per heavy atom. The first-order chi connectivity index (χ1) is 8.19. The van der Waals surface area contributed by atoms with E-state index in [1.165, 1.54) is 12.1 Å². The van der Waals surface area contributed by atoms with Crippen LogP contribution in [-0.4, -0.2) is 12.5 Å². The van der Waals surface area contributed by atoms with Gasteiger partial charge in [-0.25, -0.2) is 4.39 Å². The van der Waals surface area contributed by atoms with Crippen LogP contribution >= 0.6 is 0 Å². The molecule has 0 atom stereocenters. The highest BCUT2D eigenvalue weighted by Crippen LogP contribution is 2.41. The number of benzene rings is 1. The molecular formula is C14H18FNO. The summed E-state index contributed by atoms with van der Waals surface area (Å²) in [5, 5.41) is 2.88. The number of likely N-dealkylation sites (N-methyl/N-ethyl adjacent to an activating group) is 1. The largest absolute Gasteiger partial charge is 0.356 e. The Morgan fingerprint density at radius 3 is 2.71 bits per heavy atom. The lowest BCUT2D eigenvalue weighted by molar-refractivity contribution is -0.126. The first-order valence-electron chi connectivity index (χ1n) is 6.23. The zero-order valence-corrected chi connectivity index (χ0v) is 10.1. The minimum atomic E-state index is -0.502. The van der Waals surface area contributed by atoms with Crippen LogP contribution < -0.4 is 5.32 Å². The summed E-state index contributed by atoms with van der Waals surface area (Å²) < 4.78 is 13.3. The van der Waals surface area contributed by atoms with Crippen LogP contribution in [0.1, 0.15) is 38.2 Å². The molecule has 0 unspecified atom stereocenters. The van der Waals surface area contributed by atoms with E-state index in [1.54, 1.807) is 6.07 Å². The third-order valence-electron chi connectivity index (χ3n) is 3.61. The van der Waals surface area contributed by atoms with Crippen molar-refractivity contribution in [1.82, 2.24) is 5.32 Å². The van der Waals surface area contributed by atoms with Gasteiger partial charge in [-0.05, 0) is 37.5 Å². The van der Waals surface area contributed by atoms with Gasteiger partial charge in [-0.15, -0.1) is 0 Å². The van der Waals surface area contributed by atoms with Gasteiger partial charge in [0.05, 0.1) is 5.41 Å². The van der Waals surface area contributed by atoms with Gasteiger partial charge in [0.15, 0.2) is 0 Å². The van der Waals surface area contributed by atoms with E-state index in [0.29, 0.717) is 6.54 Å². The number of hydrogen-bond acceptors (Lipinski definition) is 1. The molecule has 0 radical (unpaired) electrons. The smallest absolute Gasteiger partial charge is 0.230 e. The van der Waals surface area contributed by atoms with E-state index in [4.69, 9.17) is 0 Å². The van der Waals surface area contributed by atoms with Gasteiger partial charge in [-0.3, -0.25) is 4.79 Å². The van der Waals surface area contributed by atoms with Gasteiger partial charge >= 0.3 is 0 Å². The number of rotatable bonds is 3. The zero-order valence-electron chi connectivity index (χ0n) is 10.1. The van der Waals surface area contributed by atoms with Crippen LogP contribution in [-0.2, 0) is 10.2 Å². The van der Waals surface area contributed by atoms with Crippen molar-refractivity contribution in [2.24, 2.45) is 0 Å². The van der Waals surface area contributed by atoms with Crippen LogP contribution in [0.25, 0.3) is 0 Å². The second-order valence-corrected chi connectivity index (χ2v) is 4.66. The van der Waals surface area contributed by atoms with Gasteiger partial charge in [0.25, 0.3) is 0 Å². The van der Waals surface area contributed by atoms with E-state index in [0.717, 1.165) is 31.2 Å². The summed E-state index contributed by atoms with van der Waals surface area (Å²) >= 11 is 0. The Hall–Kier alpha value is -1.38. The molecule has 0 spiro atoms. The molecule has 1 N–H and O–H groups in total. The molecule has 3 heteroatoms. The maximum Gasteiger partial charge on any atom is 0.230 e. The first-order valence-corrected chi connectivity index (χ1v) is 6.23. The maximum atomic E-state index is 13.3. The predicted molar refractivity (Wildman–Crippen MR) is 65.2 cm³/mol. The second-order valence-electron chi connectivity index (χ2n) is 4.66. The predicted octanol–water partition coefficient (Wildman–Crippen LogP) is 2.77. The standard InChI is InChI=1S/C14H18FNO/c1-2-16-13(17)14(8-3-4-9-14)11-6-5-7-12(15)10-11/h5-7,10H,2-4,8-9H2,1H3,(H,16,17). The van der Waals surface area contributed by atoms with Gasteiger partial charge in [0.1, 0.15) is 5.82 Å². The third-order valence-corrected chi connectivity index (χ3v) is 3.61. The van der Waals surface area contributed by atoms with Crippen LogP contribution in [0.15, 0.2) is 24.3 Å². The summed E-state index contributed by atoms with van der Waals surface area (Å²) in [6, 6.07) is 6.47. The molecule has 1 saturated carbocycles. The summed E-state index contributed by atoms with van der Waals surface area (Å²) in [6.07, 6.45) is 3.71. The average molecular weight is 235 g/mol. The molecule has 0 saturated heterocycles. The van der Waals surface area contributed by atoms with E-state index < -0.39 is 5.41 Å². The molecule has 1 aromatic carbocycles. The number of halogens is 1. The lowest BCUT2D eigenvalue weighted by Gasteiger charge is -2.28. The summed E-state index contributed by atoms with van der Waals surface area (Å²) in [6.45, 7) is 2.53. The molecule has 2 rings (SSSR count). The Morgan fingerprint density at radius 1 is 1.41 bits per heavy atom. The van der Waals surface area contributed by atoms with E-state index >= 15 is 0 Å². The van der Waals surface area contributed by atoms with Crippen LogP contribution in [0, 0.1) is 5.82 Å². The fourth-order valence-electron chi connectivity index (χ4n) is 2.74. The summed E-state index contributed by atoms with van der Waals surface area (Å²) in [5.74, 6) is -0.221. The topological polar surface area (TPSA) is 29.1 Å². The fraction of sp³-hybridized carbons (Fsp3) is 0.500. The van der Waals surface area contributed by atoms with Crippen molar-refractivity contribution in [3.8, 4) is 0 Å². The maximum absolute atomic E-state index is 13.3. The zero-order chi connectivity index (χ0) is 12.3. The Kier molecular flexibility index (Phi) is 3.46. The Bertz CT molecular complexity index is 410. The van der Waals surface area contributed by atoms with Crippen molar-refractivity contribution in [2.75, 3.05) is 6.54 Å². The van der Waals surface area contributed by atoms with E-state index in [9.17, 15) is 9.18 Å². The number of hydrogen-bond donors (Lipinski definition) is 1. The molecule has 0 bridgehead atoms. The van der Waals surface area contributed by atoms with E-state index in [1.807, 2.05) is 13.0 Å². The monoisotopic (exact) mass is 235 g/mol. The van der Waals surface area contributed by atoms with Gasteiger partial charge in [0.2, 0.25) is 5.91 Å². The normalized spacial score (nSPS) is 18.0. The molecule has 0 heterocycles. The minimum absolute atomic E-state index is 0.0445. The van der Waals surface area contributed by atoms with Crippen molar-refractivity contribution >= 4 is 5.91 Å². The highest BCUT2D eigenvalue weighted by molar-refractivity contribution is 5.88. The quantitative estimate of drug-likeness (QED) is 0.857. The molecular weight excluding hydrogens is 217 g/mol. The molecule has 1 aromatic rings. The molecule has 1 aliphatic carbocycles. The molecule has 0 aromatic heterocycles. The van der Waals surface area contributed by atoms with Crippen molar-refractivity contribution in [1.29, 1.82) is 0 Å². The van der Waals surface area contributed by atoms with Crippen LogP contribution in [0.2, 0.25) is 0 Å². The van der Waals surface area contributed by atoms with Gasteiger partial charge in [-0.1, -0.05) is 25.0 Å². The van der Waals surface area contributed by atoms with Crippen LogP contribution in [0.5, 0.6) is 0 Å². The Labute approximate surface area is 101 Å². The molecule has 92 valence electrons. The molecule has 17 heavy (non-hydrogen) atoms. The first kappa shape index (κ1) is 12.1. The lowest BCUT2D eigenvalue weighted by Crippen LogP contribution is -2.42. The van der Waals surface area contributed by atoms with Crippen LogP contribution in [0.3, 0.4) is 0 Å². The molecule has 0 aliphatic heterocycles. The van der Waals surface area contributed by atoms with E-state index in [-0.39, 0.29) is 11.7 Å². The minimum Gasteiger partial charge on any atom is -0.356 e. The lowest BCUT2D eigenvalue weighted by atomic mass is 9.78. The Balaban J connectivity index is 2.37. The van der Waals surface area contributed by atoms with Gasteiger partial charge < -0.3 is 5.32 Å². The van der Waals surface area contributed by atoms with Crippen molar-refractivity contribution in [2.45, 2.75) is 38.0 Å². The van der Waals surface area contributed by atoms with Crippen LogP contribution in [0.4, 0.5) is 4.39 Å². The SMILES string of the molecule is CCNC(=O)C1(c2cccc(F)c2)CCCC1. The summed E-state index contributed by atoms with van der Waals surface area (Å²) in [5.41, 5.74) is 0.318. The van der Waals surface area contributed by atoms with Crippen molar-refractivity contribution < 1.29 is 9.18 Å².